The molecule has 2 aliphatic rings. The van der Waals surface area contributed by atoms with E-state index in [0.29, 0.717) is 25.2 Å². The van der Waals surface area contributed by atoms with Gasteiger partial charge in [-0.15, -0.1) is 0 Å². The van der Waals surface area contributed by atoms with E-state index in [1.807, 2.05) is 0 Å². The van der Waals surface area contributed by atoms with Crippen molar-refractivity contribution < 1.29 is 29.7 Å². The van der Waals surface area contributed by atoms with Gasteiger partial charge in [0.05, 0.1) is 12.2 Å². The molecule has 6 heteroatoms. The maximum atomic E-state index is 12.4. The Morgan fingerprint density at radius 2 is 1.84 bits per heavy atom. The Bertz CT molecular complexity index is 628. The van der Waals surface area contributed by atoms with Crippen LogP contribution in [0.2, 0.25) is 0 Å². The summed E-state index contributed by atoms with van der Waals surface area (Å²) in [6.07, 6.45) is 10.7. The zero-order chi connectivity index (χ0) is 22.8. The molecule has 0 aromatic carbocycles. The van der Waals surface area contributed by atoms with E-state index in [4.69, 9.17) is 5.11 Å². The summed E-state index contributed by atoms with van der Waals surface area (Å²) in [7, 11) is 0. The number of hydrogen-bond donors (Lipinski definition) is 3. The van der Waals surface area contributed by atoms with Gasteiger partial charge in [0.15, 0.2) is 5.78 Å². The van der Waals surface area contributed by atoms with Crippen LogP contribution >= 0.6 is 0 Å². The minimum Gasteiger partial charge on any atom is -0.392 e. The quantitative estimate of drug-likeness (QED) is 0.285. The molecule has 2 rings (SSSR count). The lowest BCUT2D eigenvalue weighted by molar-refractivity contribution is -0.127. The molecule has 0 aliphatic heterocycles. The van der Waals surface area contributed by atoms with Crippen molar-refractivity contribution in [2.45, 2.75) is 96.2 Å². The Balaban J connectivity index is 1.83. The lowest BCUT2D eigenvalue weighted by Gasteiger charge is -2.19. The summed E-state index contributed by atoms with van der Waals surface area (Å²) in [5.41, 5.74) is 0. The molecule has 0 radical (unpaired) electrons. The first-order valence-electron chi connectivity index (χ1n) is 12.1. The molecule has 0 saturated heterocycles. The Labute approximate surface area is 186 Å². The largest absolute Gasteiger partial charge is 0.392 e. The van der Waals surface area contributed by atoms with Gasteiger partial charge in [-0.25, -0.2) is 0 Å². The maximum absolute atomic E-state index is 12.4. The van der Waals surface area contributed by atoms with Crippen LogP contribution in [0.3, 0.4) is 0 Å². The van der Waals surface area contributed by atoms with Gasteiger partial charge in [0, 0.05) is 37.5 Å². The summed E-state index contributed by atoms with van der Waals surface area (Å²) in [6.45, 7) is 1.72. The molecule has 0 bridgehead atoms. The third-order valence-corrected chi connectivity index (χ3v) is 7.08. The van der Waals surface area contributed by atoms with Crippen molar-refractivity contribution in [2.75, 3.05) is 6.61 Å². The topological polar surface area (TPSA) is 112 Å². The van der Waals surface area contributed by atoms with Gasteiger partial charge in [-0.2, -0.15) is 0 Å². The predicted molar refractivity (Wildman–Crippen MR) is 118 cm³/mol. The van der Waals surface area contributed by atoms with E-state index >= 15 is 0 Å². The maximum Gasteiger partial charge on any atom is 0.158 e. The van der Waals surface area contributed by atoms with Crippen LogP contribution in [0.5, 0.6) is 0 Å². The molecule has 0 spiro atoms. The molecule has 3 N–H and O–H groups in total. The summed E-state index contributed by atoms with van der Waals surface area (Å²) >= 11 is 0. The number of unbranched alkanes of at least 4 members (excludes halogenated alkanes) is 2. The fourth-order valence-corrected chi connectivity index (χ4v) is 5.14. The molecule has 0 amide bonds. The van der Waals surface area contributed by atoms with E-state index in [1.165, 1.54) is 19.3 Å². The van der Waals surface area contributed by atoms with Gasteiger partial charge >= 0.3 is 0 Å². The van der Waals surface area contributed by atoms with Gasteiger partial charge in [0.1, 0.15) is 18.2 Å². The Morgan fingerprint density at radius 1 is 1.13 bits per heavy atom. The molecule has 0 unspecified atom stereocenters. The van der Waals surface area contributed by atoms with Crippen LogP contribution in [-0.4, -0.2) is 51.5 Å². The summed E-state index contributed by atoms with van der Waals surface area (Å²) < 4.78 is 0. The average molecular weight is 437 g/mol. The second kappa shape index (κ2) is 13.2. The number of ketones is 3. The van der Waals surface area contributed by atoms with Crippen LogP contribution in [0.15, 0.2) is 12.2 Å². The number of rotatable bonds is 14. The van der Waals surface area contributed by atoms with Crippen LogP contribution in [0.25, 0.3) is 0 Å². The smallest absolute Gasteiger partial charge is 0.158 e. The van der Waals surface area contributed by atoms with E-state index in [0.717, 1.165) is 19.3 Å². The van der Waals surface area contributed by atoms with Crippen molar-refractivity contribution >= 4 is 17.3 Å². The summed E-state index contributed by atoms with van der Waals surface area (Å²) in [5, 5.41) is 29.7. The van der Waals surface area contributed by atoms with Crippen LogP contribution < -0.4 is 0 Å². The average Bonchev–Trinajstić information content (AvgIpc) is 3.32. The number of aliphatic hydroxyl groups is 3. The van der Waals surface area contributed by atoms with Gasteiger partial charge in [0.2, 0.25) is 0 Å². The molecular formula is C25H40O6. The fourth-order valence-electron chi connectivity index (χ4n) is 5.14. The highest BCUT2D eigenvalue weighted by Crippen LogP contribution is 2.38. The van der Waals surface area contributed by atoms with Gasteiger partial charge in [-0.1, -0.05) is 44.8 Å². The fraction of sp³-hybridized carbons (Fsp3) is 0.800. The Hall–Kier alpha value is -1.37. The van der Waals surface area contributed by atoms with Gasteiger partial charge in [0.25, 0.3) is 0 Å². The van der Waals surface area contributed by atoms with Crippen LogP contribution in [0.4, 0.5) is 0 Å². The molecule has 2 aliphatic carbocycles. The molecule has 6 atom stereocenters. The number of hydrogen-bond acceptors (Lipinski definition) is 6. The number of aliphatic hydroxyl groups excluding tert-OH is 3. The highest BCUT2D eigenvalue weighted by molar-refractivity contribution is 5.90. The van der Waals surface area contributed by atoms with Crippen molar-refractivity contribution in [3.8, 4) is 0 Å². The number of carbonyl (C=O) groups is 3. The Morgan fingerprint density at radius 3 is 2.52 bits per heavy atom. The highest BCUT2D eigenvalue weighted by Gasteiger charge is 2.41. The SMILES string of the molecule is CCCC[C@H]1CC[C@H]([C@H](O)/C=C/[C@H]2[C@H](O)CC(=O)[C@@H]2CC(=O)CCCCC(=O)CO)C1. The summed E-state index contributed by atoms with van der Waals surface area (Å²) in [4.78, 5) is 35.8. The number of Topliss-reactive ketones (excluding diaryl/α,β-unsaturated/α-hetero) is 3. The predicted octanol–water partition coefficient (Wildman–Crippen LogP) is 3.16. The minimum atomic E-state index is -0.809. The van der Waals surface area contributed by atoms with Crippen molar-refractivity contribution in [3.05, 3.63) is 12.2 Å². The third kappa shape index (κ3) is 8.24. The molecule has 0 heterocycles. The van der Waals surface area contributed by atoms with Crippen LogP contribution in [0.1, 0.15) is 84.0 Å². The van der Waals surface area contributed by atoms with Crippen LogP contribution in [0, 0.1) is 23.7 Å². The minimum absolute atomic E-state index is 0.0441. The molecule has 0 aromatic heterocycles. The van der Waals surface area contributed by atoms with Gasteiger partial charge in [-0.3, -0.25) is 14.4 Å². The second-order valence-corrected chi connectivity index (χ2v) is 9.53. The zero-order valence-corrected chi connectivity index (χ0v) is 18.9. The normalized spacial score (nSPS) is 29.7. The van der Waals surface area contributed by atoms with E-state index in [9.17, 15) is 24.6 Å². The van der Waals surface area contributed by atoms with Gasteiger partial charge in [-0.05, 0) is 37.5 Å². The standard InChI is InChI=1S/C25H40O6/c1-2-3-6-17-9-10-18(13-17)23(29)12-11-21-22(25(31)15-24(21)30)14-19(27)7-4-5-8-20(28)16-26/h11-12,17-18,21-24,26,29-30H,2-10,13-16H2,1H3/b12-11+/t17-,18-,21+,22+,23+,24+/m0/s1. The van der Waals surface area contributed by atoms with Gasteiger partial charge < -0.3 is 15.3 Å². The summed E-state index contributed by atoms with van der Waals surface area (Å²) in [6, 6.07) is 0. The third-order valence-electron chi connectivity index (χ3n) is 7.08. The highest BCUT2D eigenvalue weighted by atomic mass is 16.3. The molecule has 31 heavy (non-hydrogen) atoms. The lowest BCUT2D eigenvalue weighted by atomic mass is 9.87. The molecule has 0 aromatic rings. The first-order chi connectivity index (χ1) is 14.8. The zero-order valence-electron chi connectivity index (χ0n) is 18.9. The molecule has 6 nitrogen and oxygen atoms in total. The van der Waals surface area contributed by atoms with Crippen molar-refractivity contribution in [3.63, 3.8) is 0 Å². The molecule has 2 saturated carbocycles. The first-order valence-corrected chi connectivity index (χ1v) is 12.1. The van der Waals surface area contributed by atoms with Crippen molar-refractivity contribution in [1.29, 1.82) is 0 Å². The lowest BCUT2D eigenvalue weighted by Crippen LogP contribution is -2.23. The van der Waals surface area contributed by atoms with E-state index in [1.54, 1.807) is 12.2 Å². The Kier molecular flexibility index (Phi) is 11.1. The molecular weight excluding hydrogens is 396 g/mol. The summed E-state index contributed by atoms with van der Waals surface area (Å²) in [5.74, 6) is -0.424. The molecule has 176 valence electrons. The molecule has 2 fully saturated rings. The van der Waals surface area contributed by atoms with Crippen LogP contribution in [-0.2, 0) is 14.4 Å². The first kappa shape index (κ1) is 25.9. The van der Waals surface area contributed by atoms with E-state index in [-0.39, 0.29) is 42.5 Å². The monoisotopic (exact) mass is 436 g/mol. The van der Waals surface area contributed by atoms with Crippen molar-refractivity contribution in [2.24, 2.45) is 23.7 Å². The van der Waals surface area contributed by atoms with E-state index < -0.39 is 30.7 Å². The second-order valence-electron chi connectivity index (χ2n) is 9.53. The number of carbonyl (C=O) groups excluding carboxylic acids is 3. The van der Waals surface area contributed by atoms with E-state index in [2.05, 4.69) is 6.92 Å². The van der Waals surface area contributed by atoms with Crippen molar-refractivity contribution in [1.82, 2.24) is 0 Å².